The number of aromatic nitrogens is 2. The van der Waals surface area contributed by atoms with Crippen LogP contribution in [0.15, 0.2) is 12.5 Å². The van der Waals surface area contributed by atoms with Crippen LogP contribution in [0, 0.1) is 11.8 Å². The van der Waals surface area contributed by atoms with Crippen molar-refractivity contribution in [1.29, 1.82) is 0 Å². The molecular formula is C8H15Cl2N3. The van der Waals surface area contributed by atoms with Crippen LogP contribution in [-0.4, -0.2) is 16.5 Å². The molecule has 1 aliphatic rings. The number of imidazole rings is 1. The molecule has 0 aliphatic heterocycles. The van der Waals surface area contributed by atoms with E-state index in [9.17, 15) is 0 Å². The van der Waals surface area contributed by atoms with Crippen LogP contribution in [-0.2, 0) is 6.42 Å². The molecule has 2 atom stereocenters. The van der Waals surface area contributed by atoms with E-state index in [0.717, 1.165) is 24.8 Å². The summed E-state index contributed by atoms with van der Waals surface area (Å²) in [5, 5.41) is 0. The highest BCUT2D eigenvalue weighted by molar-refractivity contribution is 5.85. The quantitative estimate of drug-likeness (QED) is 0.815. The molecule has 1 saturated carbocycles. The Morgan fingerprint density at radius 3 is 2.69 bits per heavy atom. The average molecular weight is 224 g/mol. The molecule has 0 saturated heterocycles. The molecule has 76 valence electrons. The topological polar surface area (TPSA) is 54.7 Å². The Balaban J connectivity index is 0.000000720. The Labute approximate surface area is 90.3 Å². The molecule has 2 rings (SSSR count). The summed E-state index contributed by atoms with van der Waals surface area (Å²) >= 11 is 0. The first-order valence-corrected chi connectivity index (χ1v) is 4.07. The van der Waals surface area contributed by atoms with Gasteiger partial charge < -0.3 is 10.7 Å². The lowest BCUT2D eigenvalue weighted by molar-refractivity contribution is 0.696. The minimum atomic E-state index is 0. The molecule has 1 aromatic heterocycles. The third-order valence-electron chi connectivity index (χ3n) is 2.41. The van der Waals surface area contributed by atoms with Gasteiger partial charge in [0.15, 0.2) is 0 Å². The van der Waals surface area contributed by atoms with E-state index in [0.29, 0.717) is 0 Å². The van der Waals surface area contributed by atoms with Crippen LogP contribution >= 0.6 is 24.8 Å². The van der Waals surface area contributed by atoms with Gasteiger partial charge in [-0.05, 0) is 31.2 Å². The monoisotopic (exact) mass is 223 g/mol. The van der Waals surface area contributed by atoms with Crippen LogP contribution in [0.2, 0.25) is 0 Å². The Morgan fingerprint density at radius 1 is 1.46 bits per heavy atom. The standard InChI is InChI=1S/C8H13N3.2ClH/c9-3-7-1-6(7)2-8-4-10-5-11-8;;/h4-7H,1-3,9H2,(H,10,11);2*1H/t6-,7-;;/m0../s1. The molecule has 0 unspecified atom stereocenters. The molecule has 0 radical (unpaired) electrons. The number of H-pyrrole nitrogens is 1. The molecule has 1 heterocycles. The fraction of sp³-hybridized carbons (Fsp3) is 0.625. The molecule has 1 aromatic rings. The Hall–Kier alpha value is -0.250. The van der Waals surface area contributed by atoms with Crippen molar-refractivity contribution >= 4 is 24.8 Å². The molecule has 13 heavy (non-hydrogen) atoms. The lowest BCUT2D eigenvalue weighted by Gasteiger charge is -1.93. The van der Waals surface area contributed by atoms with Crippen molar-refractivity contribution in [1.82, 2.24) is 9.97 Å². The summed E-state index contributed by atoms with van der Waals surface area (Å²) in [7, 11) is 0. The van der Waals surface area contributed by atoms with Gasteiger partial charge in [0.2, 0.25) is 0 Å². The molecule has 5 heteroatoms. The van der Waals surface area contributed by atoms with Crippen molar-refractivity contribution in [3.63, 3.8) is 0 Å². The van der Waals surface area contributed by atoms with Gasteiger partial charge in [0.25, 0.3) is 0 Å². The fourth-order valence-electron chi connectivity index (χ4n) is 1.53. The van der Waals surface area contributed by atoms with Gasteiger partial charge in [-0.1, -0.05) is 0 Å². The molecule has 3 N–H and O–H groups in total. The van der Waals surface area contributed by atoms with E-state index in [-0.39, 0.29) is 24.8 Å². The maximum Gasteiger partial charge on any atom is 0.0921 e. The van der Waals surface area contributed by atoms with Crippen LogP contribution in [0.4, 0.5) is 0 Å². The predicted octanol–water partition coefficient (Wildman–Crippen LogP) is 1.39. The van der Waals surface area contributed by atoms with Gasteiger partial charge in [-0.2, -0.15) is 0 Å². The maximum atomic E-state index is 5.53. The van der Waals surface area contributed by atoms with Crippen LogP contribution in [0.1, 0.15) is 12.1 Å². The highest BCUT2D eigenvalue weighted by Gasteiger charge is 2.35. The third-order valence-corrected chi connectivity index (χ3v) is 2.41. The SMILES string of the molecule is Cl.Cl.NC[C@@H]1C[C@H]1Cc1cnc[nH]1. The van der Waals surface area contributed by atoms with Gasteiger partial charge in [-0.25, -0.2) is 4.98 Å². The smallest absolute Gasteiger partial charge is 0.0921 e. The summed E-state index contributed by atoms with van der Waals surface area (Å²) in [6.45, 7) is 0.846. The summed E-state index contributed by atoms with van der Waals surface area (Å²) in [5.74, 6) is 1.60. The van der Waals surface area contributed by atoms with Gasteiger partial charge in [-0.15, -0.1) is 24.8 Å². The lowest BCUT2D eigenvalue weighted by Crippen LogP contribution is -2.03. The summed E-state index contributed by atoms with van der Waals surface area (Å²) in [5.41, 5.74) is 6.77. The largest absolute Gasteiger partial charge is 0.348 e. The van der Waals surface area contributed by atoms with Gasteiger partial charge in [0.05, 0.1) is 6.33 Å². The summed E-state index contributed by atoms with van der Waals surface area (Å²) in [4.78, 5) is 7.07. The van der Waals surface area contributed by atoms with E-state index in [1.54, 1.807) is 6.33 Å². The number of hydrogen-bond donors (Lipinski definition) is 2. The Bertz CT molecular complexity index is 225. The molecule has 0 aromatic carbocycles. The molecule has 0 spiro atoms. The van der Waals surface area contributed by atoms with Crippen molar-refractivity contribution in [2.75, 3.05) is 6.54 Å². The van der Waals surface area contributed by atoms with E-state index in [4.69, 9.17) is 5.73 Å². The van der Waals surface area contributed by atoms with Gasteiger partial charge in [0, 0.05) is 11.9 Å². The number of aromatic amines is 1. The van der Waals surface area contributed by atoms with Crippen LogP contribution in [0.25, 0.3) is 0 Å². The zero-order valence-electron chi connectivity index (χ0n) is 7.27. The number of nitrogens with one attached hydrogen (secondary N) is 1. The second kappa shape index (κ2) is 5.47. The van der Waals surface area contributed by atoms with Gasteiger partial charge >= 0.3 is 0 Å². The van der Waals surface area contributed by atoms with E-state index in [2.05, 4.69) is 9.97 Å². The van der Waals surface area contributed by atoms with Crippen molar-refractivity contribution < 1.29 is 0 Å². The van der Waals surface area contributed by atoms with Crippen LogP contribution < -0.4 is 5.73 Å². The van der Waals surface area contributed by atoms with Crippen molar-refractivity contribution in [2.24, 2.45) is 17.6 Å². The summed E-state index contributed by atoms with van der Waals surface area (Å²) in [6, 6.07) is 0. The van der Waals surface area contributed by atoms with E-state index < -0.39 is 0 Å². The summed E-state index contributed by atoms with van der Waals surface area (Å²) < 4.78 is 0. The van der Waals surface area contributed by atoms with Crippen LogP contribution in [0.3, 0.4) is 0 Å². The predicted molar refractivity (Wildman–Crippen MR) is 57.4 cm³/mol. The zero-order valence-corrected chi connectivity index (χ0v) is 8.90. The van der Waals surface area contributed by atoms with Gasteiger partial charge in [0.1, 0.15) is 0 Å². The number of hydrogen-bond acceptors (Lipinski definition) is 2. The van der Waals surface area contributed by atoms with Crippen molar-refractivity contribution in [3.05, 3.63) is 18.2 Å². The third kappa shape index (κ3) is 3.18. The molecule has 0 amide bonds. The Kier molecular flexibility index (Phi) is 5.37. The first kappa shape index (κ1) is 12.8. The van der Waals surface area contributed by atoms with Crippen molar-refractivity contribution in [3.8, 4) is 0 Å². The highest BCUT2D eigenvalue weighted by Crippen LogP contribution is 2.39. The van der Waals surface area contributed by atoms with E-state index in [1.807, 2.05) is 6.20 Å². The first-order valence-electron chi connectivity index (χ1n) is 4.07. The first-order chi connectivity index (χ1) is 5.40. The number of nitrogens with two attached hydrogens (primary N) is 1. The lowest BCUT2D eigenvalue weighted by atomic mass is 10.2. The number of halogens is 2. The van der Waals surface area contributed by atoms with E-state index in [1.165, 1.54) is 12.1 Å². The van der Waals surface area contributed by atoms with Gasteiger partial charge in [-0.3, -0.25) is 0 Å². The minimum Gasteiger partial charge on any atom is -0.348 e. The second-order valence-electron chi connectivity index (χ2n) is 3.27. The highest BCUT2D eigenvalue weighted by atomic mass is 35.5. The van der Waals surface area contributed by atoms with Crippen molar-refractivity contribution in [2.45, 2.75) is 12.8 Å². The molecule has 3 nitrogen and oxygen atoms in total. The molecule has 1 aliphatic carbocycles. The second-order valence-corrected chi connectivity index (χ2v) is 3.27. The normalized spacial score (nSPS) is 24.4. The maximum absolute atomic E-state index is 5.53. The molecule has 1 fully saturated rings. The van der Waals surface area contributed by atoms with E-state index >= 15 is 0 Å². The zero-order chi connectivity index (χ0) is 7.68. The Morgan fingerprint density at radius 2 is 2.23 bits per heavy atom. The van der Waals surface area contributed by atoms with Crippen LogP contribution in [0.5, 0.6) is 0 Å². The summed E-state index contributed by atoms with van der Waals surface area (Å²) in [6.07, 6.45) is 6.05. The molecule has 0 bridgehead atoms. The minimum absolute atomic E-state index is 0. The number of rotatable bonds is 3. The molecular weight excluding hydrogens is 209 g/mol. The number of nitrogens with zero attached hydrogens (tertiary/aromatic N) is 1. The fourth-order valence-corrected chi connectivity index (χ4v) is 1.53. The average Bonchev–Trinajstić information content (AvgIpc) is 2.54.